The Balaban J connectivity index is 2.08. The molecule has 58 valence electrons. The van der Waals surface area contributed by atoms with Crippen molar-refractivity contribution in [2.75, 3.05) is 14.2 Å². The summed E-state index contributed by atoms with van der Waals surface area (Å²) >= 11 is 0. The van der Waals surface area contributed by atoms with E-state index in [1.807, 2.05) is 7.11 Å². The van der Waals surface area contributed by atoms with Crippen LogP contribution in [0.15, 0.2) is 0 Å². The minimum atomic E-state index is 0.531. The standard InChI is InChI=1S/C8H15NO/c1-9-6-3-4-7(9)8(5-6)10-2/h6-8H,3-5H2,1-2H3/t6-,7+,8+/m0/s1. The van der Waals surface area contributed by atoms with Gasteiger partial charge in [0, 0.05) is 19.2 Å². The lowest BCUT2D eigenvalue weighted by atomic mass is 9.98. The number of ether oxygens (including phenoxy) is 1. The minimum Gasteiger partial charge on any atom is -0.380 e. The van der Waals surface area contributed by atoms with Gasteiger partial charge >= 0.3 is 0 Å². The molecule has 2 bridgehead atoms. The van der Waals surface area contributed by atoms with Gasteiger partial charge in [0.05, 0.1) is 6.10 Å². The van der Waals surface area contributed by atoms with Gasteiger partial charge in [0.15, 0.2) is 0 Å². The Morgan fingerprint density at radius 3 is 2.50 bits per heavy atom. The average molecular weight is 141 g/mol. The van der Waals surface area contributed by atoms with Gasteiger partial charge in [-0.2, -0.15) is 0 Å². The maximum absolute atomic E-state index is 5.37. The van der Waals surface area contributed by atoms with Crippen molar-refractivity contribution in [3.63, 3.8) is 0 Å². The van der Waals surface area contributed by atoms with Crippen LogP contribution in [0.3, 0.4) is 0 Å². The van der Waals surface area contributed by atoms with Gasteiger partial charge in [0.2, 0.25) is 0 Å². The maximum atomic E-state index is 5.37. The normalized spacial score (nSPS) is 46.8. The van der Waals surface area contributed by atoms with E-state index in [4.69, 9.17) is 4.74 Å². The highest BCUT2D eigenvalue weighted by Gasteiger charge is 2.43. The van der Waals surface area contributed by atoms with Gasteiger partial charge in [-0.15, -0.1) is 0 Å². The molecule has 0 unspecified atom stereocenters. The quantitative estimate of drug-likeness (QED) is 0.537. The zero-order valence-electron chi connectivity index (χ0n) is 6.71. The number of rotatable bonds is 1. The summed E-state index contributed by atoms with van der Waals surface area (Å²) < 4.78 is 5.37. The Kier molecular flexibility index (Phi) is 1.46. The molecule has 2 aliphatic heterocycles. The van der Waals surface area contributed by atoms with E-state index >= 15 is 0 Å². The third-order valence-electron chi connectivity index (χ3n) is 3.13. The van der Waals surface area contributed by atoms with Crippen LogP contribution >= 0.6 is 0 Å². The van der Waals surface area contributed by atoms with Crippen molar-refractivity contribution < 1.29 is 4.74 Å². The predicted molar refractivity (Wildman–Crippen MR) is 40.0 cm³/mol. The number of fused-ring (bicyclic) bond motifs is 2. The van der Waals surface area contributed by atoms with E-state index in [9.17, 15) is 0 Å². The van der Waals surface area contributed by atoms with Crippen molar-refractivity contribution in [2.45, 2.75) is 37.5 Å². The van der Waals surface area contributed by atoms with Crippen molar-refractivity contribution in [3.05, 3.63) is 0 Å². The van der Waals surface area contributed by atoms with Crippen LogP contribution in [0.4, 0.5) is 0 Å². The summed E-state index contributed by atoms with van der Waals surface area (Å²) in [6.45, 7) is 0. The van der Waals surface area contributed by atoms with Crippen LogP contribution in [0.25, 0.3) is 0 Å². The Labute approximate surface area is 62.2 Å². The molecule has 10 heavy (non-hydrogen) atoms. The highest BCUT2D eigenvalue weighted by Crippen LogP contribution is 2.37. The summed E-state index contributed by atoms with van der Waals surface area (Å²) in [6, 6.07) is 1.56. The van der Waals surface area contributed by atoms with Gasteiger partial charge < -0.3 is 4.74 Å². The highest BCUT2D eigenvalue weighted by atomic mass is 16.5. The lowest BCUT2D eigenvalue weighted by Crippen LogP contribution is -2.29. The van der Waals surface area contributed by atoms with E-state index in [0.29, 0.717) is 6.10 Å². The van der Waals surface area contributed by atoms with Gasteiger partial charge in [-0.3, -0.25) is 4.90 Å². The van der Waals surface area contributed by atoms with Crippen LogP contribution < -0.4 is 0 Å². The molecule has 2 nitrogen and oxygen atoms in total. The molecule has 2 heteroatoms. The monoisotopic (exact) mass is 141 g/mol. The first kappa shape index (κ1) is 6.62. The molecule has 0 N–H and O–H groups in total. The number of hydrogen-bond donors (Lipinski definition) is 0. The average Bonchev–Trinajstić information content (AvgIpc) is 2.46. The van der Waals surface area contributed by atoms with Crippen LogP contribution in [-0.2, 0) is 4.74 Å². The second-order valence-electron chi connectivity index (χ2n) is 3.47. The molecular weight excluding hydrogens is 126 g/mol. The Hall–Kier alpha value is -0.0800. The Morgan fingerprint density at radius 1 is 1.40 bits per heavy atom. The second kappa shape index (κ2) is 2.21. The molecule has 2 saturated heterocycles. The largest absolute Gasteiger partial charge is 0.380 e. The van der Waals surface area contributed by atoms with E-state index in [2.05, 4.69) is 11.9 Å². The second-order valence-corrected chi connectivity index (χ2v) is 3.47. The minimum absolute atomic E-state index is 0.531. The third kappa shape index (κ3) is 0.722. The SMILES string of the molecule is CO[C@@H]1C[C@@H]2CC[C@H]1N2C. The van der Waals surface area contributed by atoms with Crippen molar-refractivity contribution in [1.82, 2.24) is 4.90 Å². The molecule has 2 heterocycles. The van der Waals surface area contributed by atoms with Crippen molar-refractivity contribution >= 4 is 0 Å². The summed E-state index contributed by atoms with van der Waals surface area (Å²) in [5.41, 5.74) is 0. The molecule has 0 amide bonds. The van der Waals surface area contributed by atoms with Crippen LogP contribution in [-0.4, -0.2) is 37.2 Å². The zero-order valence-corrected chi connectivity index (χ0v) is 6.71. The van der Waals surface area contributed by atoms with Crippen LogP contribution in [0.5, 0.6) is 0 Å². The summed E-state index contributed by atoms with van der Waals surface area (Å²) in [5, 5.41) is 0. The summed E-state index contributed by atoms with van der Waals surface area (Å²) in [4.78, 5) is 2.48. The van der Waals surface area contributed by atoms with Crippen LogP contribution in [0.2, 0.25) is 0 Å². The van der Waals surface area contributed by atoms with Gasteiger partial charge in [0.25, 0.3) is 0 Å². The smallest absolute Gasteiger partial charge is 0.0741 e. The first-order valence-corrected chi connectivity index (χ1v) is 4.07. The fourth-order valence-electron chi connectivity index (χ4n) is 2.45. The van der Waals surface area contributed by atoms with Gasteiger partial charge in [-0.05, 0) is 26.3 Å². The molecule has 2 fully saturated rings. The molecule has 0 radical (unpaired) electrons. The fourth-order valence-corrected chi connectivity index (χ4v) is 2.45. The molecule has 3 atom stereocenters. The van der Waals surface area contributed by atoms with Crippen molar-refractivity contribution in [1.29, 1.82) is 0 Å². The lowest BCUT2D eigenvalue weighted by Gasteiger charge is -2.19. The van der Waals surface area contributed by atoms with Crippen LogP contribution in [0.1, 0.15) is 19.3 Å². The molecule has 0 aromatic carbocycles. The molecule has 0 aliphatic carbocycles. The molecule has 0 saturated carbocycles. The molecule has 2 aliphatic rings. The highest BCUT2D eigenvalue weighted by molar-refractivity contribution is 4.99. The molecule has 2 rings (SSSR count). The third-order valence-corrected chi connectivity index (χ3v) is 3.13. The zero-order chi connectivity index (χ0) is 7.14. The van der Waals surface area contributed by atoms with E-state index in [0.717, 1.165) is 12.1 Å². The van der Waals surface area contributed by atoms with Crippen molar-refractivity contribution in [3.8, 4) is 0 Å². The van der Waals surface area contributed by atoms with Crippen molar-refractivity contribution in [2.24, 2.45) is 0 Å². The first-order chi connectivity index (χ1) is 4.83. The Bertz CT molecular complexity index is 137. The number of nitrogens with zero attached hydrogens (tertiary/aromatic N) is 1. The van der Waals surface area contributed by atoms with E-state index < -0.39 is 0 Å². The summed E-state index contributed by atoms with van der Waals surface area (Å²) in [7, 11) is 4.06. The van der Waals surface area contributed by atoms with Crippen LogP contribution in [0, 0.1) is 0 Å². The predicted octanol–water partition coefficient (Wildman–Crippen LogP) is 0.868. The summed E-state index contributed by atoms with van der Waals surface area (Å²) in [6.07, 6.45) is 4.53. The fraction of sp³-hybridized carbons (Fsp3) is 1.00. The number of methoxy groups -OCH3 is 1. The molecule has 0 spiro atoms. The lowest BCUT2D eigenvalue weighted by molar-refractivity contribution is 0.0708. The van der Waals surface area contributed by atoms with Gasteiger partial charge in [0.1, 0.15) is 0 Å². The van der Waals surface area contributed by atoms with E-state index in [-0.39, 0.29) is 0 Å². The van der Waals surface area contributed by atoms with Gasteiger partial charge in [-0.25, -0.2) is 0 Å². The number of likely N-dealkylation sites (N-methyl/N-ethyl adjacent to an activating group) is 1. The first-order valence-electron chi connectivity index (χ1n) is 4.07. The maximum Gasteiger partial charge on any atom is 0.0741 e. The summed E-state index contributed by atoms with van der Waals surface area (Å²) in [5.74, 6) is 0. The van der Waals surface area contributed by atoms with Gasteiger partial charge in [-0.1, -0.05) is 0 Å². The van der Waals surface area contributed by atoms with E-state index in [1.165, 1.54) is 19.3 Å². The van der Waals surface area contributed by atoms with E-state index in [1.54, 1.807) is 0 Å². The molecule has 0 aromatic rings. The Morgan fingerprint density at radius 2 is 2.20 bits per heavy atom. The topological polar surface area (TPSA) is 12.5 Å². The molecular formula is C8H15NO. The molecule has 0 aromatic heterocycles. The number of hydrogen-bond acceptors (Lipinski definition) is 2.